The molecule has 0 saturated heterocycles. The maximum absolute atomic E-state index is 13.5. The van der Waals surface area contributed by atoms with E-state index in [0.717, 1.165) is 23.2 Å². The molecule has 1 aliphatic heterocycles. The van der Waals surface area contributed by atoms with Crippen LogP contribution in [0.1, 0.15) is 48.4 Å². The third kappa shape index (κ3) is 3.98. The molecule has 3 heterocycles. The van der Waals surface area contributed by atoms with Gasteiger partial charge in [-0.15, -0.1) is 0 Å². The van der Waals surface area contributed by atoms with Gasteiger partial charge in [-0.3, -0.25) is 9.78 Å². The third-order valence-electron chi connectivity index (χ3n) is 5.26. The number of pyridine rings is 1. The molecule has 0 radical (unpaired) electrons. The lowest BCUT2D eigenvalue weighted by Crippen LogP contribution is -2.40. The first-order chi connectivity index (χ1) is 13.3. The summed E-state index contributed by atoms with van der Waals surface area (Å²) in [6, 6.07) is 4.77. The van der Waals surface area contributed by atoms with Gasteiger partial charge in [-0.2, -0.15) is 18.3 Å². The fourth-order valence-corrected chi connectivity index (χ4v) is 3.70. The molecule has 9 heteroatoms. The highest BCUT2D eigenvalue weighted by atomic mass is 19.4. The van der Waals surface area contributed by atoms with E-state index in [4.69, 9.17) is 0 Å². The van der Waals surface area contributed by atoms with Crippen LogP contribution in [-0.2, 0) is 6.42 Å². The van der Waals surface area contributed by atoms with Crippen molar-refractivity contribution in [2.24, 2.45) is 5.92 Å². The van der Waals surface area contributed by atoms with Crippen LogP contribution in [0.5, 0.6) is 0 Å². The lowest BCUT2D eigenvalue weighted by Gasteiger charge is -2.33. The number of hydrogen-bond acceptors (Lipinski definition) is 4. The van der Waals surface area contributed by atoms with E-state index in [2.05, 4.69) is 20.7 Å². The van der Waals surface area contributed by atoms with Gasteiger partial charge in [0.2, 0.25) is 0 Å². The Hall–Kier alpha value is -2.58. The van der Waals surface area contributed by atoms with Crippen LogP contribution in [0.3, 0.4) is 0 Å². The van der Waals surface area contributed by atoms with Crippen molar-refractivity contribution in [1.29, 1.82) is 0 Å². The number of aromatic nitrogens is 3. The normalized spacial score (nSPS) is 22.9. The zero-order valence-corrected chi connectivity index (χ0v) is 15.4. The predicted octanol–water partition coefficient (Wildman–Crippen LogP) is 3.34. The van der Waals surface area contributed by atoms with Crippen LogP contribution in [0.4, 0.5) is 19.0 Å². The van der Waals surface area contributed by atoms with Crippen molar-refractivity contribution >= 4 is 11.7 Å². The summed E-state index contributed by atoms with van der Waals surface area (Å²) < 4.78 is 41.5. The molecular formula is C19H22F3N5O. The Balaban J connectivity index is 1.49. The molecule has 1 saturated carbocycles. The van der Waals surface area contributed by atoms with Gasteiger partial charge in [0.05, 0.1) is 0 Å². The Morgan fingerprint density at radius 1 is 1.39 bits per heavy atom. The molecule has 1 fully saturated rings. The molecule has 28 heavy (non-hydrogen) atoms. The molecule has 0 unspecified atom stereocenters. The Kier molecular flexibility index (Phi) is 4.76. The molecule has 2 aromatic heterocycles. The van der Waals surface area contributed by atoms with Crippen molar-refractivity contribution < 1.29 is 18.0 Å². The average molecular weight is 393 g/mol. The first-order valence-corrected chi connectivity index (χ1v) is 9.45. The first kappa shape index (κ1) is 18.8. The smallest absolute Gasteiger partial charge is 0.367 e. The standard InChI is InChI=1S/C19H22F3N5O/c1-11(8-13-4-2-3-7-23-13)24-18(28)15-10-17-25-14(12-5-6-12)9-16(19(20,21)22)27(17)26-15/h2-4,7,10-12,14,16,25H,5-6,8-9H2,1H3,(H,24,28)/t11-,14-,16+/m0/s1. The molecule has 150 valence electrons. The molecular weight excluding hydrogens is 371 g/mol. The minimum Gasteiger partial charge on any atom is -0.367 e. The highest BCUT2D eigenvalue weighted by Crippen LogP contribution is 2.45. The topological polar surface area (TPSA) is 71.8 Å². The second-order valence-electron chi connectivity index (χ2n) is 7.64. The van der Waals surface area contributed by atoms with Crippen LogP contribution in [0, 0.1) is 5.92 Å². The zero-order valence-electron chi connectivity index (χ0n) is 15.4. The molecule has 2 aliphatic rings. The van der Waals surface area contributed by atoms with E-state index in [-0.39, 0.29) is 35.9 Å². The molecule has 2 N–H and O–H groups in total. The maximum atomic E-state index is 13.5. The Labute approximate surface area is 160 Å². The largest absolute Gasteiger partial charge is 0.410 e. The number of nitrogens with zero attached hydrogens (tertiary/aromatic N) is 3. The summed E-state index contributed by atoms with van der Waals surface area (Å²) in [5.74, 6) is 0.0354. The Morgan fingerprint density at radius 2 is 2.18 bits per heavy atom. The van der Waals surface area contributed by atoms with Gasteiger partial charge in [0, 0.05) is 36.5 Å². The number of halogens is 3. The van der Waals surface area contributed by atoms with E-state index in [9.17, 15) is 18.0 Å². The monoisotopic (exact) mass is 393 g/mol. The van der Waals surface area contributed by atoms with Gasteiger partial charge in [-0.25, -0.2) is 4.68 Å². The molecule has 0 spiro atoms. The second-order valence-corrected chi connectivity index (χ2v) is 7.64. The van der Waals surface area contributed by atoms with Gasteiger partial charge in [0.25, 0.3) is 5.91 Å². The van der Waals surface area contributed by atoms with Crippen molar-refractivity contribution in [2.45, 2.75) is 56.9 Å². The van der Waals surface area contributed by atoms with Crippen molar-refractivity contribution in [1.82, 2.24) is 20.1 Å². The van der Waals surface area contributed by atoms with Gasteiger partial charge in [-0.1, -0.05) is 6.07 Å². The summed E-state index contributed by atoms with van der Waals surface area (Å²) >= 11 is 0. The minimum atomic E-state index is -4.41. The molecule has 0 bridgehead atoms. The lowest BCUT2D eigenvalue weighted by molar-refractivity contribution is -0.174. The van der Waals surface area contributed by atoms with Crippen molar-refractivity contribution in [3.8, 4) is 0 Å². The first-order valence-electron chi connectivity index (χ1n) is 9.45. The van der Waals surface area contributed by atoms with E-state index < -0.39 is 18.1 Å². The molecule has 2 aromatic rings. The minimum absolute atomic E-state index is 0.0129. The lowest BCUT2D eigenvalue weighted by atomic mass is 10.0. The summed E-state index contributed by atoms with van der Waals surface area (Å²) in [5, 5.41) is 9.91. The number of nitrogens with one attached hydrogen (secondary N) is 2. The molecule has 6 nitrogen and oxygen atoms in total. The Bertz CT molecular complexity index is 847. The summed E-state index contributed by atoms with van der Waals surface area (Å²) in [7, 11) is 0. The number of alkyl halides is 3. The summed E-state index contributed by atoms with van der Waals surface area (Å²) in [4.78, 5) is 16.7. The molecule has 4 rings (SSSR count). The molecule has 1 aliphatic carbocycles. The number of anilines is 1. The van der Waals surface area contributed by atoms with Crippen LogP contribution in [0.25, 0.3) is 0 Å². The maximum Gasteiger partial charge on any atom is 0.410 e. The van der Waals surface area contributed by atoms with Crippen LogP contribution >= 0.6 is 0 Å². The van der Waals surface area contributed by atoms with Gasteiger partial charge in [-0.05, 0) is 44.2 Å². The molecule has 1 amide bonds. The van der Waals surface area contributed by atoms with E-state index in [1.54, 1.807) is 12.3 Å². The van der Waals surface area contributed by atoms with E-state index in [1.165, 1.54) is 6.07 Å². The number of amides is 1. The Morgan fingerprint density at radius 3 is 2.82 bits per heavy atom. The highest BCUT2D eigenvalue weighted by molar-refractivity contribution is 5.93. The van der Waals surface area contributed by atoms with Crippen LogP contribution < -0.4 is 10.6 Å². The highest BCUT2D eigenvalue weighted by Gasteiger charge is 2.49. The average Bonchev–Trinajstić information content (AvgIpc) is 3.39. The molecule has 0 aromatic carbocycles. The van der Waals surface area contributed by atoms with Crippen LogP contribution in [0.2, 0.25) is 0 Å². The van der Waals surface area contributed by atoms with E-state index in [1.807, 2.05) is 19.1 Å². The van der Waals surface area contributed by atoms with Gasteiger partial charge < -0.3 is 10.6 Å². The van der Waals surface area contributed by atoms with Crippen LogP contribution in [0.15, 0.2) is 30.5 Å². The number of carbonyl (C=O) groups is 1. The fraction of sp³-hybridized carbons (Fsp3) is 0.526. The third-order valence-corrected chi connectivity index (χ3v) is 5.26. The molecule has 3 atom stereocenters. The van der Waals surface area contributed by atoms with Crippen LogP contribution in [-0.4, -0.2) is 38.9 Å². The second kappa shape index (κ2) is 7.10. The van der Waals surface area contributed by atoms with Crippen molar-refractivity contribution in [2.75, 3.05) is 5.32 Å². The SMILES string of the molecule is C[C@@H](Cc1ccccn1)NC(=O)c1cc2n(n1)[C@@H](C(F)(F)F)C[C@@H](C1CC1)N2. The number of hydrogen-bond donors (Lipinski definition) is 2. The van der Waals surface area contributed by atoms with E-state index in [0.29, 0.717) is 6.42 Å². The van der Waals surface area contributed by atoms with E-state index >= 15 is 0 Å². The fourth-order valence-electron chi connectivity index (χ4n) is 3.70. The number of rotatable bonds is 5. The van der Waals surface area contributed by atoms with Crippen molar-refractivity contribution in [3.05, 3.63) is 41.9 Å². The quantitative estimate of drug-likeness (QED) is 0.817. The predicted molar refractivity (Wildman–Crippen MR) is 96.9 cm³/mol. The number of carbonyl (C=O) groups excluding carboxylic acids is 1. The van der Waals surface area contributed by atoms with Crippen molar-refractivity contribution in [3.63, 3.8) is 0 Å². The number of fused-ring (bicyclic) bond motifs is 1. The van der Waals surface area contributed by atoms with Gasteiger partial charge >= 0.3 is 6.18 Å². The summed E-state index contributed by atoms with van der Waals surface area (Å²) in [6.07, 6.45) is -0.389. The van der Waals surface area contributed by atoms with Gasteiger partial charge in [0.15, 0.2) is 11.7 Å². The summed E-state index contributed by atoms with van der Waals surface area (Å²) in [6.45, 7) is 1.82. The summed E-state index contributed by atoms with van der Waals surface area (Å²) in [5.41, 5.74) is 0.812. The van der Waals surface area contributed by atoms with Gasteiger partial charge in [0.1, 0.15) is 5.82 Å². The zero-order chi connectivity index (χ0) is 19.9.